The van der Waals surface area contributed by atoms with Gasteiger partial charge in [0.25, 0.3) is 5.91 Å². The van der Waals surface area contributed by atoms with Crippen LogP contribution in [0.3, 0.4) is 0 Å². The van der Waals surface area contributed by atoms with Gasteiger partial charge in [0.2, 0.25) is 0 Å². The number of benzene rings is 1. The van der Waals surface area contributed by atoms with Crippen molar-refractivity contribution in [3.63, 3.8) is 0 Å². The highest BCUT2D eigenvalue weighted by Crippen LogP contribution is 2.21. The molecule has 0 aliphatic rings. The van der Waals surface area contributed by atoms with Crippen LogP contribution in [0.15, 0.2) is 47.3 Å². The maximum atomic E-state index is 12.7. The summed E-state index contributed by atoms with van der Waals surface area (Å²) in [6.45, 7) is 4.52. The summed E-state index contributed by atoms with van der Waals surface area (Å²) >= 11 is 1.67. The number of likely N-dealkylation sites (N-methyl/N-ethyl adjacent to an activating group) is 1. The van der Waals surface area contributed by atoms with Crippen molar-refractivity contribution in [3.8, 4) is 5.69 Å². The van der Waals surface area contributed by atoms with E-state index in [-0.39, 0.29) is 11.9 Å². The van der Waals surface area contributed by atoms with Gasteiger partial charge in [-0.25, -0.2) is 4.68 Å². The Balaban J connectivity index is 1.76. The molecule has 3 rings (SSSR count). The lowest BCUT2D eigenvalue weighted by Gasteiger charge is -2.24. The molecule has 5 nitrogen and oxygen atoms in total. The fourth-order valence-corrected chi connectivity index (χ4v) is 3.73. The molecule has 6 heteroatoms. The van der Waals surface area contributed by atoms with Crippen LogP contribution in [0.5, 0.6) is 0 Å². The number of nitrogens with one attached hydrogen (secondary N) is 1. The van der Waals surface area contributed by atoms with E-state index in [4.69, 9.17) is 0 Å². The zero-order valence-corrected chi connectivity index (χ0v) is 16.4. The number of hydrogen-bond donors (Lipinski definition) is 1. The normalized spacial score (nSPS) is 12.3. The van der Waals surface area contributed by atoms with Gasteiger partial charge in [0.15, 0.2) is 0 Å². The minimum Gasteiger partial charge on any atom is -0.350 e. The van der Waals surface area contributed by atoms with Crippen molar-refractivity contribution in [2.75, 3.05) is 20.6 Å². The molecular formula is C20H24N4OS. The van der Waals surface area contributed by atoms with Crippen LogP contribution in [-0.4, -0.2) is 41.2 Å². The Hall–Kier alpha value is -2.44. The lowest BCUT2D eigenvalue weighted by molar-refractivity contribution is 0.0941. The Morgan fingerprint density at radius 3 is 2.69 bits per heavy atom. The predicted octanol–water partition coefficient (Wildman–Crippen LogP) is 3.58. The maximum Gasteiger partial charge on any atom is 0.254 e. The minimum absolute atomic E-state index is 0.0931. The summed E-state index contributed by atoms with van der Waals surface area (Å²) in [7, 11) is 4.05. The molecule has 0 aliphatic carbocycles. The van der Waals surface area contributed by atoms with E-state index in [0.717, 1.165) is 16.9 Å². The van der Waals surface area contributed by atoms with Crippen molar-refractivity contribution < 1.29 is 4.79 Å². The molecule has 0 saturated heterocycles. The van der Waals surface area contributed by atoms with Gasteiger partial charge in [0.1, 0.15) is 0 Å². The second-order valence-corrected chi connectivity index (χ2v) is 7.37. The van der Waals surface area contributed by atoms with Crippen LogP contribution in [0.4, 0.5) is 0 Å². The third-order valence-corrected chi connectivity index (χ3v) is 5.31. The summed E-state index contributed by atoms with van der Waals surface area (Å²) in [6, 6.07) is 10.3. The summed E-state index contributed by atoms with van der Waals surface area (Å²) in [4.78, 5) is 14.8. The highest BCUT2D eigenvalue weighted by Gasteiger charge is 2.19. The predicted molar refractivity (Wildman–Crippen MR) is 106 cm³/mol. The SMILES string of the molecule is Cc1ccccc1-n1ncc(C(=O)NCC(c2ccsc2)N(C)C)c1C. The van der Waals surface area contributed by atoms with Crippen molar-refractivity contribution >= 4 is 17.2 Å². The number of thiophene rings is 1. The maximum absolute atomic E-state index is 12.7. The van der Waals surface area contributed by atoms with Gasteiger partial charge in [-0.05, 0) is 62.0 Å². The number of aromatic nitrogens is 2. The molecule has 0 spiro atoms. The van der Waals surface area contributed by atoms with Gasteiger partial charge in [-0.3, -0.25) is 4.79 Å². The fraction of sp³-hybridized carbons (Fsp3) is 0.300. The highest BCUT2D eigenvalue weighted by molar-refractivity contribution is 7.07. The van der Waals surface area contributed by atoms with Crippen molar-refractivity contribution in [3.05, 3.63) is 69.7 Å². The first-order valence-corrected chi connectivity index (χ1v) is 9.50. The largest absolute Gasteiger partial charge is 0.350 e. The van der Waals surface area contributed by atoms with E-state index in [1.165, 1.54) is 5.56 Å². The highest BCUT2D eigenvalue weighted by atomic mass is 32.1. The summed E-state index contributed by atoms with van der Waals surface area (Å²) in [5.74, 6) is -0.0931. The van der Waals surface area contributed by atoms with E-state index in [1.54, 1.807) is 17.5 Å². The first-order chi connectivity index (χ1) is 12.5. The summed E-state index contributed by atoms with van der Waals surface area (Å²) in [5.41, 5.74) is 4.78. The molecule has 2 aromatic heterocycles. The van der Waals surface area contributed by atoms with Crippen LogP contribution in [0, 0.1) is 13.8 Å². The van der Waals surface area contributed by atoms with Gasteiger partial charge in [0.05, 0.1) is 29.2 Å². The molecule has 3 aromatic rings. The molecule has 136 valence electrons. The lowest BCUT2D eigenvalue weighted by Crippen LogP contribution is -2.34. The van der Waals surface area contributed by atoms with Crippen LogP contribution in [0.2, 0.25) is 0 Å². The monoisotopic (exact) mass is 368 g/mol. The molecule has 1 atom stereocenters. The molecule has 26 heavy (non-hydrogen) atoms. The number of rotatable bonds is 6. The van der Waals surface area contributed by atoms with Gasteiger partial charge in [-0.15, -0.1) is 0 Å². The third-order valence-electron chi connectivity index (χ3n) is 4.61. The molecule has 0 saturated carbocycles. The molecule has 0 radical (unpaired) electrons. The van der Waals surface area contributed by atoms with Gasteiger partial charge in [-0.1, -0.05) is 18.2 Å². The van der Waals surface area contributed by atoms with E-state index >= 15 is 0 Å². The summed E-state index contributed by atoms with van der Waals surface area (Å²) < 4.78 is 1.83. The molecule has 1 N–H and O–H groups in total. The first kappa shape index (κ1) is 18.4. The van der Waals surface area contributed by atoms with Crippen LogP contribution in [0.25, 0.3) is 5.69 Å². The zero-order chi connectivity index (χ0) is 18.7. The number of aryl methyl sites for hydroxylation is 1. The standard InChI is InChI=1S/C20H24N4OS/c1-14-7-5-6-8-18(14)24-15(2)17(11-22-24)20(25)21-12-19(23(3)4)16-9-10-26-13-16/h5-11,13,19H,12H2,1-4H3,(H,21,25). The van der Waals surface area contributed by atoms with E-state index in [1.807, 2.05) is 56.9 Å². The Kier molecular flexibility index (Phi) is 5.54. The number of amides is 1. The van der Waals surface area contributed by atoms with Gasteiger partial charge >= 0.3 is 0 Å². The molecule has 0 aliphatic heterocycles. The quantitative estimate of drug-likeness (QED) is 0.723. The molecule has 0 bridgehead atoms. The Morgan fingerprint density at radius 2 is 2.04 bits per heavy atom. The lowest BCUT2D eigenvalue weighted by atomic mass is 10.1. The summed E-state index contributed by atoms with van der Waals surface area (Å²) in [5, 5.41) is 11.7. The molecule has 1 aromatic carbocycles. The van der Waals surface area contributed by atoms with E-state index < -0.39 is 0 Å². The van der Waals surface area contributed by atoms with E-state index in [2.05, 4.69) is 32.1 Å². The minimum atomic E-state index is -0.0931. The number of carbonyl (C=O) groups excluding carboxylic acids is 1. The van der Waals surface area contributed by atoms with Crippen molar-refractivity contribution in [1.82, 2.24) is 20.0 Å². The molecule has 1 unspecified atom stereocenters. The number of hydrogen-bond acceptors (Lipinski definition) is 4. The Labute approximate surface area is 158 Å². The fourth-order valence-electron chi connectivity index (χ4n) is 3.02. The first-order valence-electron chi connectivity index (χ1n) is 8.56. The third kappa shape index (κ3) is 3.71. The number of nitrogens with zero attached hydrogens (tertiary/aromatic N) is 3. The molecule has 0 fully saturated rings. The summed E-state index contributed by atoms with van der Waals surface area (Å²) in [6.07, 6.45) is 1.65. The van der Waals surface area contributed by atoms with Crippen molar-refractivity contribution in [2.24, 2.45) is 0 Å². The second-order valence-electron chi connectivity index (χ2n) is 6.59. The van der Waals surface area contributed by atoms with Crippen molar-refractivity contribution in [2.45, 2.75) is 19.9 Å². The molecular weight excluding hydrogens is 344 g/mol. The Morgan fingerprint density at radius 1 is 1.27 bits per heavy atom. The average molecular weight is 369 g/mol. The second kappa shape index (κ2) is 7.85. The number of carbonyl (C=O) groups is 1. The number of para-hydroxylation sites is 1. The smallest absolute Gasteiger partial charge is 0.254 e. The van der Waals surface area contributed by atoms with Crippen LogP contribution in [0.1, 0.15) is 33.2 Å². The van der Waals surface area contributed by atoms with Crippen molar-refractivity contribution in [1.29, 1.82) is 0 Å². The van der Waals surface area contributed by atoms with Crippen LogP contribution >= 0.6 is 11.3 Å². The van der Waals surface area contributed by atoms with Gasteiger partial charge in [-0.2, -0.15) is 16.4 Å². The van der Waals surface area contributed by atoms with E-state index in [0.29, 0.717) is 12.1 Å². The van der Waals surface area contributed by atoms with Crippen LogP contribution < -0.4 is 5.32 Å². The zero-order valence-electron chi connectivity index (χ0n) is 15.6. The van der Waals surface area contributed by atoms with E-state index in [9.17, 15) is 4.79 Å². The van der Waals surface area contributed by atoms with Gasteiger partial charge in [0, 0.05) is 6.54 Å². The molecule has 2 heterocycles. The van der Waals surface area contributed by atoms with Gasteiger partial charge < -0.3 is 10.2 Å². The molecule has 1 amide bonds. The van der Waals surface area contributed by atoms with Crippen LogP contribution in [-0.2, 0) is 0 Å². The topological polar surface area (TPSA) is 50.2 Å². The average Bonchev–Trinajstić information content (AvgIpc) is 3.25. The Bertz CT molecular complexity index is 883.